The molecule has 0 aromatic carbocycles. The van der Waals surface area contributed by atoms with Gasteiger partial charge in [0.1, 0.15) is 47.0 Å². The third-order valence-corrected chi connectivity index (χ3v) is 17.0. The average molecular weight is 972 g/mol. The normalized spacial score (nSPS) is 22.5. The summed E-state index contributed by atoms with van der Waals surface area (Å²) in [5.41, 5.74) is 0. The second kappa shape index (κ2) is 22.0. The molecule has 4 fully saturated rings. The zero-order chi connectivity index (χ0) is 45.4. The fraction of sp³-hybridized carbons (Fsp3) is 0.700. The van der Waals surface area contributed by atoms with Gasteiger partial charge >= 0.3 is 0 Å². The number of aromatic nitrogens is 10. The summed E-state index contributed by atoms with van der Waals surface area (Å²) < 4.78 is 91.1. The summed E-state index contributed by atoms with van der Waals surface area (Å²) >= 11 is 11.7. The van der Waals surface area contributed by atoms with E-state index in [0.717, 1.165) is 25.7 Å². The Morgan fingerprint density at radius 2 is 0.906 bits per heavy atom. The molecule has 4 aliphatic heterocycles. The van der Waals surface area contributed by atoms with Crippen LogP contribution in [0.25, 0.3) is 0 Å². The Balaban J connectivity index is 0.000000191. The topological polar surface area (TPSA) is 237 Å². The van der Waals surface area contributed by atoms with Gasteiger partial charge in [0.05, 0.1) is 60.2 Å². The van der Waals surface area contributed by atoms with Crippen molar-refractivity contribution < 1.29 is 45.3 Å². The SMILES string of the molecule is C[C@H](c1ncc(Cl)cn1)[C@H](C)S(=O)(=O)Cc1nnc([C@@H]2COCCO2)n1C1CCOCC1.C[C@H](c1ncc(Cl)cn1)[C@H](C)S(=O)(=O)Cc1nnc([C@H]2COCCO2)n1C1CCOCC1. The molecule has 0 radical (unpaired) electrons. The van der Waals surface area contributed by atoms with Crippen molar-refractivity contribution in [2.24, 2.45) is 0 Å². The monoisotopic (exact) mass is 970 g/mol. The number of sulfone groups is 2. The van der Waals surface area contributed by atoms with Crippen LogP contribution in [0.3, 0.4) is 0 Å². The molecule has 4 saturated heterocycles. The number of halogens is 2. The van der Waals surface area contributed by atoms with E-state index in [9.17, 15) is 16.8 Å². The maximum Gasteiger partial charge on any atom is 0.164 e. The second-order valence-electron chi connectivity index (χ2n) is 16.4. The van der Waals surface area contributed by atoms with Gasteiger partial charge in [-0.3, -0.25) is 0 Å². The van der Waals surface area contributed by atoms with Gasteiger partial charge in [0.25, 0.3) is 0 Å². The average Bonchev–Trinajstić information content (AvgIpc) is 3.93. The molecule has 0 aliphatic carbocycles. The molecule has 352 valence electrons. The Bertz CT molecular complexity index is 2170. The van der Waals surface area contributed by atoms with E-state index in [1.165, 1.54) is 24.8 Å². The van der Waals surface area contributed by atoms with E-state index < -0.39 is 42.0 Å². The van der Waals surface area contributed by atoms with Gasteiger partial charge in [0.15, 0.2) is 31.3 Å². The molecule has 20 nitrogen and oxygen atoms in total. The quantitative estimate of drug-likeness (QED) is 0.169. The van der Waals surface area contributed by atoms with Crippen LogP contribution < -0.4 is 0 Å². The number of hydrogen-bond acceptors (Lipinski definition) is 18. The molecule has 0 unspecified atom stereocenters. The smallest absolute Gasteiger partial charge is 0.164 e. The highest BCUT2D eigenvalue weighted by molar-refractivity contribution is 7.91. The number of nitrogens with zero attached hydrogens (tertiary/aromatic N) is 10. The molecule has 8 heterocycles. The first-order valence-electron chi connectivity index (χ1n) is 21.5. The summed E-state index contributed by atoms with van der Waals surface area (Å²) in [6.45, 7) is 12.1. The minimum atomic E-state index is -3.59. The maximum absolute atomic E-state index is 13.4. The molecule has 8 rings (SSSR count). The first-order chi connectivity index (χ1) is 30.7. The summed E-state index contributed by atoms with van der Waals surface area (Å²) in [5.74, 6) is 1.64. The fourth-order valence-electron chi connectivity index (χ4n) is 8.05. The highest BCUT2D eigenvalue weighted by atomic mass is 35.5. The lowest BCUT2D eigenvalue weighted by atomic mass is 10.1. The van der Waals surface area contributed by atoms with Crippen molar-refractivity contribution in [1.82, 2.24) is 49.5 Å². The Morgan fingerprint density at radius 3 is 1.23 bits per heavy atom. The molecule has 0 N–H and O–H groups in total. The summed E-state index contributed by atoms with van der Waals surface area (Å²) in [5, 5.41) is 16.6. The highest BCUT2D eigenvalue weighted by Crippen LogP contribution is 2.33. The summed E-state index contributed by atoms with van der Waals surface area (Å²) in [6, 6.07) is 0.105. The van der Waals surface area contributed by atoms with E-state index in [-0.39, 0.29) is 35.8 Å². The van der Waals surface area contributed by atoms with Gasteiger partial charge in [-0.15, -0.1) is 20.4 Å². The number of ether oxygens (including phenoxy) is 6. The molecule has 24 heteroatoms. The van der Waals surface area contributed by atoms with Crippen LogP contribution in [0.2, 0.25) is 10.0 Å². The molecule has 64 heavy (non-hydrogen) atoms. The van der Waals surface area contributed by atoms with Crippen molar-refractivity contribution in [3.8, 4) is 0 Å². The lowest BCUT2D eigenvalue weighted by Crippen LogP contribution is -2.31. The lowest BCUT2D eigenvalue weighted by Gasteiger charge is -2.29. The van der Waals surface area contributed by atoms with Gasteiger partial charge < -0.3 is 37.6 Å². The minimum Gasteiger partial charge on any atom is -0.381 e. The van der Waals surface area contributed by atoms with Crippen LogP contribution in [0.15, 0.2) is 24.8 Å². The largest absolute Gasteiger partial charge is 0.381 e. The van der Waals surface area contributed by atoms with Crippen molar-refractivity contribution >= 4 is 42.9 Å². The lowest BCUT2D eigenvalue weighted by molar-refractivity contribution is -0.0957. The molecule has 4 aliphatic rings. The second-order valence-corrected chi connectivity index (χ2v) is 22.0. The molecule has 0 amide bonds. The Kier molecular flexibility index (Phi) is 16.7. The molecule has 0 saturated carbocycles. The fourth-order valence-corrected chi connectivity index (χ4v) is 11.4. The molecule has 4 aromatic rings. The van der Waals surface area contributed by atoms with Crippen LogP contribution >= 0.6 is 23.2 Å². The highest BCUT2D eigenvalue weighted by Gasteiger charge is 2.37. The molecular weight excluding hydrogens is 916 g/mol. The van der Waals surface area contributed by atoms with Crippen LogP contribution in [0, 0.1) is 0 Å². The minimum absolute atomic E-state index is 0.0526. The predicted octanol–water partition coefficient (Wildman–Crippen LogP) is 4.54. The standard InChI is InChI=1S/2C20H28ClN5O5S/c2*1-13(19-22-9-15(21)10-23-19)14(2)32(27,28)12-18-24-25-20(17-11-30-7-8-31-17)26(18)16-3-5-29-6-4-16/h2*9-10,13-14,16-17H,3-8,11-12H2,1-2H3/t13-,14-,17+;13-,14-,17-/m00/s1. The predicted molar refractivity (Wildman–Crippen MR) is 232 cm³/mol. The van der Waals surface area contributed by atoms with E-state index in [4.69, 9.17) is 51.6 Å². The van der Waals surface area contributed by atoms with Crippen LogP contribution in [-0.4, -0.2) is 143 Å². The van der Waals surface area contributed by atoms with Crippen molar-refractivity contribution in [2.45, 2.75) is 112 Å². The van der Waals surface area contributed by atoms with Gasteiger partial charge in [-0.05, 0) is 39.5 Å². The zero-order valence-electron chi connectivity index (χ0n) is 36.4. The van der Waals surface area contributed by atoms with E-state index >= 15 is 0 Å². The van der Waals surface area contributed by atoms with Crippen LogP contribution in [-0.2, 0) is 59.6 Å². The summed E-state index contributed by atoms with van der Waals surface area (Å²) in [6.07, 6.45) is 8.20. The maximum atomic E-state index is 13.4. The van der Waals surface area contributed by atoms with Crippen LogP contribution in [0.4, 0.5) is 0 Å². The summed E-state index contributed by atoms with van der Waals surface area (Å²) in [4.78, 5) is 16.8. The van der Waals surface area contributed by atoms with E-state index in [0.29, 0.717) is 111 Å². The Hall–Kier alpha value is -3.32. The van der Waals surface area contributed by atoms with E-state index in [2.05, 4.69) is 40.3 Å². The van der Waals surface area contributed by atoms with Crippen molar-refractivity contribution in [1.29, 1.82) is 0 Å². The van der Waals surface area contributed by atoms with Crippen molar-refractivity contribution in [2.75, 3.05) is 66.1 Å². The Labute approximate surface area is 383 Å². The molecule has 0 spiro atoms. The van der Waals surface area contributed by atoms with Crippen LogP contribution in [0.1, 0.15) is 124 Å². The molecule has 4 aromatic heterocycles. The third kappa shape index (κ3) is 11.8. The molecular formula is C40H56Cl2N10O10S2. The van der Waals surface area contributed by atoms with Gasteiger partial charge in [-0.1, -0.05) is 37.0 Å². The van der Waals surface area contributed by atoms with Crippen LogP contribution in [0.5, 0.6) is 0 Å². The van der Waals surface area contributed by atoms with Gasteiger partial charge in [-0.2, -0.15) is 0 Å². The first-order valence-corrected chi connectivity index (χ1v) is 25.7. The number of rotatable bonds is 14. The molecule has 6 atom stereocenters. The Morgan fingerprint density at radius 1 is 0.547 bits per heavy atom. The van der Waals surface area contributed by atoms with Crippen molar-refractivity contribution in [3.63, 3.8) is 0 Å². The van der Waals surface area contributed by atoms with Gasteiger partial charge in [0, 0.05) is 75.1 Å². The van der Waals surface area contributed by atoms with E-state index in [1.807, 2.05) is 9.13 Å². The zero-order valence-corrected chi connectivity index (χ0v) is 39.5. The summed E-state index contributed by atoms with van der Waals surface area (Å²) in [7, 11) is -7.18. The van der Waals surface area contributed by atoms with Gasteiger partial charge in [0.2, 0.25) is 0 Å². The number of hydrogen-bond donors (Lipinski definition) is 0. The third-order valence-electron chi connectivity index (χ3n) is 12.2. The van der Waals surface area contributed by atoms with Gasteiger partial charge in [-0.25, -0.2) is 36.8 Å². The first kappa shape index (κ1) is 48.6. The van der Waals surface area contributed by atoms with E-state index in [1.54, 1.807) is 27.7 Å². The van der Waals surface area contributed by atoms with Crippen molar-refractivity contribution in [3.05, 3.63) is 69.8 Å². The molecule has 0 bridgehead atoms.